The van der Waals surface area contributed by atoms with Gasteiger partial charge in [0.1, 0.15) is 24.2 Å². The van der Waals surface area contributed by atoms with Crippen molar-refractivity contribution in [1.29, 1.82) is 0 Å². The van der Waals surface area contributed by atoms with Gasteiger partial charge in [0.15, 0.2) is 0 Å². The SMILES string of the molecule is COC(=O)[C@@H](NC(=O)C1(Cc2ccccc2)CCCN1C(=O)[C@@H]1CCCN1C(=O)OCc1ccccc1)C(C)C. The number of nitrogens with one attached hydrogen (secondary N) is 1. The molecule has 0 saturated carbocycles. The summed E-state index contributed by atoms with van der Waals surface area (Å²) in [6.45, 7) is 4.58. The van der Waals surface area contributed by atoms with Gasteiger partial charge in [0.25, 0.3) is 0 Å². The molecule has 9 nitrogen and oxygen atoms in total. The van der Waals surface area contributed by atoms with E-state index in [-0.39, 0.29) is 24.3 Å². The van der Waals surface area contributed by atoms with Gasteiger partial charge in [0.05, 0.1) is 7.11 Å². The Hall–Kier alpha value is -3.88. The van der Waals surface area contributed by atoms with E-state index in [1.54, 1.807) is 4.90 Å². The molecule has 0 radical (unpaired) electrons. The lowest BCUT2D eigenvalue weighted by Crippen LogP contribution is -2.64. The highest BCUT2D eigenvalue weighted by molar-refractivity contribution is 5.97. The molecule has 0 bridgehead atoms. The zero-order valence-electron chi connectivity index (χ0n) is 23.5. The van der Waals surface area contributed by atoms with E-state index in [0.29, 0.717) is 45.2 Å². The van der Waals surface area contributed by atoms with Gasteiger partial charge in [-0.05, 0) is 42.7 Å². The zero-order valence-corrected chi connectivity index (χ0v) is 23.5. The van der Waals surface area contributed by atoms with Crippen molar-refractivity contribution in [3.05, 3.63) is 71.8 Å². The van der Waals surface area contributed by atoms with Gasteiger partial charge in [-0.2, -0.15) is 0 Å². The molecule has 2 aromatic rings. The number of benzene rings is 2. The molecule has 2 saturated heterocycles. The normalized spacial score (nSPS) is 21.2. The van der Waals surface area contributed by atoms with Gasteiger partial charge >= 0.3 is 12.1 Å². The number of hydrogen-bond donors (Lipinski definition) is 1. The third-order valence-electron chi connectivity index (χ3n) is 7.90. The van der Waals surface area contributed by atoms with Crippen LogP contribution in [0.3, 0.4) is 0 Å². The van der Waals surface area contributed by atoms with E-state index in [2.05, 4.69) is 5.32 Å². The van der Waals surface area contributed by atoms with Crippen molar-refractivity contribution in [3.8, 4) is 0 Å². The molecule has 2 aromatic carbocycles. The van der Waals surface area contributed by atoms with Gasteiger partial charge in [-0.1, -0.05) is 74.5 Å². The second-order valence-corrected chi connectivity index (χ2v) is 10.9. The first-order valence-corrected chi connectivity index (χ1v) is 14.0. The number of ether oxygens (including phenoxy) is 2. The van der Waals surface area contributed by atoms with Crippen LogP contribution in [0.25, 0.3) is 0 Å². The smallest absolute Gasteiger partial charge is 0.410 e. The average molecular weight is 550 g/mol. The number of likely N-dealkylation sites (tertiary alicyclic amines) is 2. The van der Waals surface area contributed by atoms with Crippen LogP contribution in [0.1, 0.15) is 50.7 Å². The summed E-state index contributed by atoms with van der Waals surface area (Å²) in [5.41, 5.74) is 0.560. The third kappa shape index (κ3) is 6.29. The van der Waals surface area contributed by atoms with Crippen molar-refractivity contribution in [1.82, 2.24) is 15.1 Å². The molecule has 40 heavy (non-hydrogen) atoms. The number of methoxy groups -OCH3 is 1. The van der Waals surface area contributed by atoms with Crippen LogP contribution < -0.4 is 5.32 Å². The minimum Gasteiger partial charge on any atom is -0.467 e. The number of hydrogen-bond acceptors (Lipinski definition) is 6. The molecule has 2 aliphatic rings. The standard InChI is InChI=1S/C31H39N3O6/c1-22(2)26(28(36)39-3)32-29(37)31(20-23-12-6-4-7-13-23)17-11-19-34(31)27(35)25-16-10-18-33(25)30(38)40-21-24-14-8-5-9-15-24/h4-9,12-15,22,25-26H,10-11,16-21H2,1-3H3,(H,32,37)/t25-,26-,31?/m0/s1. The van der Waals surface area contributed by atoms with E-state index >= 15 is 0 Å². The van der Waals surface area contributed by atoms with Crippen molar-refractivity contribution in [2.75, 3.05) is 20.2 Å². The lowest BCUT2D eigenvalue weighted by molar-refractivity contribution is -0.151. The summed E-state index contributed by atoms with van der Waals surface area (Å²) in [5.74, 6) is -1.39. The third-order valence-corrected chi connectivity index (χ3v) is 7.90. The maximum absolute atomic E-state index is 14.2. The summed E-state index contributed by atoms with van der Waals surface area (Å²) in [6.07, 6.45) is 1.99. The highest BCUT2D eigenvalue weighted by Gasteiger charge is 2.53. The number of nitrogens with zero attached hydrogens (tertiary/aromatic N) is 2. The van der Waals surface area contributed by atoms with E-state index < -0.39 is 29.7 Å². The molecule has 2 fully saturated rings. The highest BCUT2D eigenvalue weighted by atomic mass is 16.6. The van der Waals surface area contributed by atoms with E-state index in [1.807, 2.05) is 74.5 Å². The fourth-order valence-electron chi connectivity index (χ4n) is 5.76. The summed E-state index contributed by atoms with van der Waals surface area (Å²) < 4.78 is 10.5. The van der Waals surface area contributed by atoms with Gasteiger partial charge in [0, 0.05) is 19.5 Å². The van der Waals surface area contributed by atoms with Crippen molar-refractivity contribution < 1.29 is 28.7 Å². The van der Waals surface area contributed by atoms with Gasteiger partial charge in [-0.3, -0.25) is 14.5 Å². The Kier molecular flexibility index (Phi) is 9.45. The first-order valence-electron chi connectivity index (χ1n) is 14.0. The molecule has 2 aliphatic heterocycles. The summed E-state index contributed by atoms with van der Waals surface area (Å²) in [7, 11) is 1.29. The van der Waals surface area contributed by atoms with Crippen LogP contribution in [0.5, 0.6) is 0 Å². The van der Waals surface area contributed by atoms with Crippen molar-refractivity contribution in [2.45, 2.75) is 70.2 Å². The predicted molar refractivity (Wildman–Crippen MR) is 149 cm³/mol. The number of esters is 1. The molecule has 1 N–H and O–H groups in total. The Bertz CT molecular complexity index is 1190. The highest BCUT2D eigenvalue weighted by Crippen LogP contribution is 2.36. The number of amides is 3. The molecule has 0 aromatic heterocycles. The molecule has 0 spiro atoms. The van der Waals surface area contributed by atoms with Crippen LogP contribution in [0.15, 0.2) is 60.7 Å². The Morgan fingerprint density at radius 1 is 0.950 bits per heavy atom. The Morgan fingerprint density at radius 2 is 1.60 bits per heavy atom. The molecule has 1 unspecified atom stereocenters. The van der Waals surface area contributed by atoms with E-state index in [9.17, 15) is 19.2 Å². The van der Waals surface area contributed by atoms with E-state index in [4.69, 9.17) is 9.47 Å². The predicted octanol–water partition coefficient (Wildman–Crippen LogP) is 3.71. The quantitative estimate of drug-likeness (QED) is 0.478. The van der Waals surface area contributed by atoms with E-state index in [1.165, 1.54) is 12.0 Å². The molecular formula is C31H39N3O6. The fraction of sp³-hybridized carbons (Fsp3) is 0.484. The minimum atomic E-state index is -1.21. The molecule has 9 heteroatoms. The number of carbonyl (C=O) groups is 4. The van der Waals surface area contributed by atoms with Gasteiger partial charge in [-0.25, -0.2) is 9.59 Å². The van der Waals surface area contributed by atoms with Crippen LogP contribution in [0.4, 0.5) is 4.79 Å². The Labute approximate surface area is 235 Å². The summed E-state index contributed by atoms with van der Waals surface area (Å²) >= 11 is 0. The summed E-state index contributed by atoms with van der Waals surface area (Å²) in [6, 6.07) is 17.4. The molecule has 3 atom stereocenters. The minimum absolute atomic E-state index is 0.116. The Balaban J connectivity index is 1.58. The second kappa shape index (κ2) is 13.0. The monoisotopic (exact) mass is 549 g/mol. The molecule has 4 rings (SSSR count). The van der Waals surface area contributed by atoms with Crippen LogP contribution in [-0.4, -0.2) is 71.5 Å². The van der Waals surface area contributed by atoms with Gasteiger partial charge in [0.2, 0.25) is 11.8 Å². The van der Waals surface area contributed by atoms with Crippen LogP contribution in [0, 0.1) is 5.92 Å². The molecule has 2 heterocycles. The lowest BCUT2D eigenvalue weighted by Gasteiger charge is -2.40. The maximum atomic E-state index is 14.2. The first kappa shape index (κ1) is 29.1. The summed E-state index contributed by atoms with van der Waals surface area (Å²) in [4.78, 5) is 56.9. The van der Waals surface area contributed by atoms with Crippen molar-refractivity contribution >= 4 is 23.9 Å². The number of carbonyl (C=O) groups excluding carboxylic acids is 4. The zero-order chi connectivity index (χ0) is 28.7. The van der Waals surface area contributed by atoms with Crippen LogP contribution >= 0.6 is 0 Å². The van der Waals surface area contributed by atoms with Crippen molar-refractivity contribution in [3.63, 3.8) is 0 Å². The molecule has 214 valence electrons. The maximum Gasteiger partial charge on any atom is 0.410 e. The Morgan fingerprint density at radius 3 is 2.23 bits per heavy atom. The second-order valence-electron chi connectivity index (χ2n) is 10.9. The first-order chi connectivity index (χ1) is 19.3. The lowest BCUT2D eigenvalue weighted by atomic mass is 9.85. The van der Waals surface area contributed by atoms with Gasteiger partial charge < -0.3 is 19.7 Å². The van der Waals surface area contributed by atoms with Crippen LogP contribution in [-0.2, 0) is 36.9 Å². The molecule has 0 aliphatic carbocycles. The van der Waals surface area contributed by atoms with Crippen LogP contribution in [0.2, 0.25) is 0 Å². The fourth-order valence-corrected chi connectivity index (χ4v) is 5.76. The molecular weight excluding hydrogens is 510 g/mol. The summed E-state index contributed by atoms with van der Waals surface area (Å²) in [5, 5.41) is 2.91. The topological polar surface area (TPSA) is 105 Å². The largest absolute Gasteiger partial charge is 0.467 e. The van der Waals surface area contributed by atoms with Crippen molar-refractivity contribution in [2.24, 2.45) is 5.92 Å². The molecule has 3 amide bonds. The average Bonchev–Trinajstić information content (AvgIpc) is 3.63. The van der Waals surface area contributed by atoms with Gasteiger partial charge in [-0.15, -0.1) is 0 Å². The van der Waals surface area contributed by atoms with E-state index in [0.717, 1.165) is 11.1 Å². The number of rotatable bonds is 9.